The molecule has 1 aliphatic heterocycles. The first-order chi connectivity index (χ1) is 6.43. The number of rotatable bonds is 1. The molecule has 4 amide bonds. The topological polar surface area (TPSA) is 105 Å². The van der Waals surface area contributed by atoms with E-state index in [1.807, 2.05) is 0 Å². The van der Waals surface area contributed by atoms with Crippen LogP contribution in [0, 0.1) is 0 Å². The van der Waals surface area contributed by atoms with E-state index in [2.05, 4.69) is 10.6 Å². The minimum Gasteiger partial charge on any atom is -0.342 e. The van der Waals surface area contributed by atoms with Crippen molar-refractivity contribution in [1.82, 2.24) is 15.5 Å². The van der Waals surface area contributed by atoms with Crippen LogP contribution in [0.2, 0.25) is 0 Å². The maximum atomic E-state index is 11.5. The molecule has 1 rings (SSSR count). The quantitative estimate of drug-likeness (QED) is 0.453. The van der Waals surface area contributed by atoms with Gasteiger partial charge in [-0.15, -0.1) is 0 Å². The number of carbonyl (C=O) groups is 3. The second-order valence-corrected chi connectivity index (χ2v) is 3.05. The molecule has 1 aliphatic rings. The Balaban J connectivity index is 2.79. The molecular formula is C7H12N4O3. The summed E-state index contributed by atoms with van der Waals surface area (Å²) in [6.07, 6.45) is -0.880. The summed E-state index contributed by atoms with van der Waals surface area (Å²) in [6.45, 7) is 1.27. The van der Waals surface area contributed by atoms with Crippen molar-refractivity contribution in [3.8, 4) is 0 Å². The molecule has 1 fully saturated rings. The Bertz CT molecular complexity index is 291. The van der Waals surface area contributed by atoms with Gasteiger partial charge in [0.05, 0.1) is 0 Å². The molecule has 0 aromatic heterocycles. The Labute approximate surface area is 80.6 Å². The van der Waals surface area contributed by atoms with Gasteiger partial charge < -0.3 is 16.4 Å². The summed E-state index contributed by atoms with van der Waals surface area (Å²) in [5.41, 5.74) is 5.48. The highest BCUT2D eigenvalue weighted by molar-refractivity contribution is 6.01. The average Bonchev–Trinajstić information content (AvgIpc) is 2.09. The molecule has 78 valence electrons. The third-order valence-corrected chi connectivity index (χ3v) is 1.91. The molecule has 7 heteroatoms. The Hall–Kier alpha value is -1.63. The molecule has 4 N–H and O–H groups in total. The molecule has 0 saturated carbocycles. The molecule has 0 radical (unpaired) electrons. The van der Waals surface area contributed by atoms with Crippen LogP contribution in [0.25, 0.3) is 0 Å². The van der Waals surface area contributed by atoms with Gasteiger partial charge in [-0.2, -0.15) is 0 Å². The lowest BCUT2D eigenvalue weighted by Crippen LogP contribution is -2.69. The molecular weight excluding hydrogens is 188 g/mol. The van der Waals surface area contributed by atoms with Gasteiger partial charge in [-0.3, -0.25) is 14.5 Å². The highest BCUT2D eigenvalue weighted by Gasteiger charge is 2.37. The van der Waals surface area contributed by atoms with Gasteiger partial charge in [0, 0.05) is 14.0 Å². The number of hydrogen-bond acceptors (Lipinski definition) is 4. The van der Waals surface area contributed by atoms with Gasteiger partial charge in [-0.25, -0.2) is 4.79 Å². The molecule has 0 bridgehead atoms. The SMILES string of the molecule is CC(=O)NC1C(=O)N(C)C(=O)NC1N. The van der Waals surface area contributed by atoms with E-state index in [-0.39, 0.29) is 5.91 Å². The molecule has 0 aliphatic carbocycles. The molecule has 1 saturated heterocycles. The second kappa shape index (κ2) is 3.62. The third-order valence-electron chi connectivity index (χ3n) is 1.91. The van der Waals surface area contributed by atoms with Gasteiger partial charge in [-0.1, -0.05) is 0 Å². The van der Waals surface area contributed by atoms with E-state index in [0.717, 1.165) is 4.90 Å². The first-order valence-electron chi connectivity index (χ1n) is 4.04. The van der Waals surface area contributed by atoms with Crippen LogP contribution in [0.3, 0.4) is 0 Å². The smallest absolute Gasteiger partial charge is 0.325 e. The lowest BCUT2D eigenvalue weighted by atomic mass is 10.1. The van der Waals surface area contributed by atoms with Gasteiger partial charge in [-0.05, 0) is 0 Å². The second-order valence-electron chi connectivity index (χ2n) is 3.05. The van der Waals surface area contributed by atoms with E-state index >= 15 is 0 Å². The van der Waals surface area contributed by atoms with Crippen LogP contribution in [0.15, 0.2) is 0 Å². The molecule has 0 aromatic carbocycles. The number of hydrogen-bond donors (Lipinski definition) is 3. The van der Waals surface area contributed by atoms with Crippen LogP contribution in [0.5, 0.6) is 0 Å². The summed E-state index contributed by atoms with van der Waals surface area (Å²) in [7, 11) is 1.32. The van der Waals surface area contributed by atoms with Crippen molar-refractivity contribution in [2.45, 2.75) is 19.1 Å². The van der Waals surface area contributed by atoms with Gasteiger partial charge in [0.1, 0.15) is 12.2 Å². The zero-order valence-corrected chi connectivity index (χ0v) is 7.90. The number of urea groups is 1. The fourth-order valence-corrected chi connectivity index (χ4v) is 1.16. The van der Waals surface area contributed by atoms with Gasteiger partial charge in [0.2, 0.25) is 5.91 Å². The average molecular weight is 200 g/mol. The lowest BCUT2D eigenvalue weighted by molar-refractivity contribution is -0.134. The van der Waals surface area contributed by atoms with Crippen LogP contribution >= 0.6 is 0 Å². The highest BCUT2D eigenvalue weighted by atomic mass is 16.2. The Morgan fingerprint density at radius 1 is 1.57 bits per heavy atom. The van der Waals surface area contributed by atoms with E-state index in [9.17, 15) is 14.4 Å². The number of likely N-dealkylation sites (N-methyl/N-ethyl adjacent to an activating group) is 1. The molecule has 1 heterocycles. The molecule has 2 unspecified atom stereocenters. The van der Waals surface area contributed by atoms with Crippen molar-refractivity contribution >= 4 is 17.8 Å². The largest absolute Gasteiger partial charge is 0.342 e. The van der Waals surface area contributed by atoms with Crippen molar-refractivity contribution in [1.29, 1.82) is 0 Å². The molecule has 2 atom stereocenters. The van der Waals surface area contributed by atoms with Crippen LogP contribution in [0.4, 0.5) is 4.79 Å². The maximum Gasteiger partial charge on any atom is 0.325 e. The minimum absolute atomic E-state index is 0.372. The van der Waals surface area contributed by atoms with E-state index < -0.39 is 24.1 Å². The predicted octanol–water partition coefficient (Wildman–Crippen LogP) is -2.04. The summed E-state index contributed by atoms with van der Waals surface area (Å²) >= 11 is 0. The number of amides is 4. The van der Waals surface area contributed by atoms with Crippen molar-refractivity contribution in [3.05, 3.63) is 0 Å². The fraction of sp³-hybridized carbons (Fsp3) is 0.571. The standard InChI is InChI=1S/C7H12N4O3/c1-3(12)9-4-5(8)10-7(14)11(2)6(4)13/h4-5H,8H2,1-2H3,(H,9,12)(H,10,14). The van der Waals surface area contributed by atoms with Crippen LogP contribution in [0.1, 0.15) is 6.92 Å². The highest BCUT2D eigenvalue weighted by Crippen LogP contribution is 2.02. The summed E-state index contributed by atoms with van der Waals surface area (Å²) in [6, 6.07) is -1.46. The fourth-order valence-electron chi connectivity index (χ4n) is 1.16. The van der Waals surface area contributed by atoms with E-state index in [1.165, 1.54) is 14.0 Å². The number of carbonyl (C=O) groups excluding carboxylic acids is 3. The van der Waals surface area contributed by atoms with E-state index in [4.69, 9.17) is 5.73 Å². The molecule has 7 nitrogen and oxygen atoms in total. The maximum absolute atomic E-state index is 11.5. The van der Waals surface area contributed by atoms with Crippen LogP contribution in [-0.2, 0) is 9.59 Å². The predicted molar refractivity (Wildman–Crippen MR) is 46.9 cm³/mol. The first kappa shape index (κ1) is 10.5. The number of imide groups is 1. The number of nitrogens with one attached hydrogen (secondary N) is 2. The van der Waals surface area contributed by atoms with E-state index in [1.54, 1.807) is 0 Å². The van der Waals surface area contributed by atoms with Gasteiger partial charge in [0.15, 0.2) is 0 Å². The Morgan fingerprint density at radius 3 is 2.64 bits per heavy atom. The van der Waals surface area contributed by atoms with Crippen molar-refractivity contribution in [2.24, 2.45) is 5.73 Å². The zero-order chi connectivity index (χ0) is 10.9. The van der Waals surface area contributed by atoms with Crippen molar-refractivity contribution in [3.63, 3.8) is 0 Å². The zero-order valence-electron chi connectivity index (χ0n) is 7.90. The molecule has 0 aromatic rings. The normalized spacial score (nSPS) is 27.2. The van der Waals surface area contributed by atoms with Crippen LogP contribution < -0.4 is 16.4 Å². The first-order valence-corrected chi connectivity index (χ1v) is 4.04. The number of nitrogens with zero attached hydrogens (tertiary/aromatic N) is 1. The van der Waals surface area contributed by atoms with Crippen LogP contribution in [-0.4, -0.2) is 42.0 Å². The molecule has 14 heavy (non-hydrogen) atoms. The van der Waals surface area contributed by atoms with Crippen molar-refractivity contribution < 1.29 is 14.4 Å². The molecule has 0 spiro atoms. The summed E-state index contributed by atoms with van der Waals surface area (Å²) in [4.78, 5) is 34.1. The summed E-state index contributed by atoms with van der Waals surface area (Å²) in [5.74, 6) is -0.889. The van der Waals surface area contributed by atoms with Gasteiger partial charge >= 0.3 is 6.03 Å². The Morgan fingerprint density at radius 2 is 2.14 bits per heavy atom. The van der Waals surface area contributed by atoms with Crippen molar-refractivity contribution in [2.75, 3.05) is 7.05 Å². The third kappa shape index (κ3) is 1.82. The monoisotopic (exact) mass is 200 g/mol. The minimum atomic E-state index is -0.893. The summed E-state index contributed by atoms with van der Waals surface area (Å²) < 4.78 is 0. The Kier molecular flexibility index (Phi) is 2.70. The van der Waals surface area contributed by atoms with E-state index in [0.29, 0.717) is 0 Å². The number of nitrogens with two attached hydrogens (primary N) is 1. The summed E-state index contributed by atoms with van der Waals surface area (Å²) in [5, 5.41) is 4.71. The lowest BCUT2D eigenvalue weighted by Gasteiger charge is -2.33. The van der Waals surface area contributed by atoms with Gasteiger partial charge in [0.25, 0.3) is 5.91 Å².